The molecule has 17 heavy (non-hydrogen) atoms. The van der Waals surface area contributed by atoms with Crippen LogP contribution < -0.4 is 5.73 Å². The number of hydrogen-bond donors (Lipinski definition) is 1. The van der Waals surface area contributed by atoms with Gasteiger partial charge in [-0.2, -0.15) is 0 Å². The average Bonchev–Trinajstić information content (AvgIpc) is 2.33. The van der Waals surface area contributed by atoms with Crippen LogP contribution in [0.2, 0.25) is 5.02 Å². The largest absolute Gasteiger partial charge is 0.327 e. The Hall–Kier alpha value is -0.600. The summed E-state index contributed by atoms with van der Waals surface area (Å²) in [5.41, 5.74) is 7.45. The Morgan fingerprint density at radius 2 is 2.12 bits per heavy atom. The van der Waals surface area contributed by atoms with Crippen LogP contribution in [0.3, 0.4) is 0 Å². The van der Waals surface area contributed by atoms with E-state index in [0.29, 0.717) is 5.92 Å². The Balaban J connectivity index is 1.93. The summed E-state index contributed by atoms with van der Waals surface area (Å²) in [4.78, 5) is 4.00. The number of aromatic nitrogens is 1. The van der Waals surface area contributed by atoms with Crippen LogP contribution in [0.25, 0.3) is 0 Å². The van der Waals surface area contributed by atoms with E-state index in [1.165, 1.54) is 25.7 Å². The van der Waals surface area contributed by atoms with Crippen LogP contribution in [0.1, 0.15) is 38.2 Å². The Morgan fingerprint density at radius 1 is 1.41 bits per heavy atom. The zero-order chi connectivity index (χ0) is 12.3. The Morgan fingerprint density at radius 3 is 2.76 bits per heavy atom. The first kappa shape index (κ1) is 12.8. The molecule has 1 aliphatic carbocycles. The minimum Gasteiger partial charge on any atom is -0.327 e. The van der Waals surface area contributed by atoms with Gasteiger partial charge < -0.3 is 5.73 Å². The molecule has 1 aromatic rings. The molecular weight excluding hydrogens is 232 g/mol. The normalized spacial score (nSPS) is 26.8. The van der Waals surface area contributed by atoms with Gasteiger partial charge in [-0.15, -0.1) is 0 Å². The van der Waals surface area contributed by atoms with Gasteiger partial charge in [-0.1, -0.05) is 31.4 Å². The van der Waals surface area contributed by atoms with Crippen LogP contribution in [0.4, 0.5) is 0 Å². The second-order valence-corrected chi connectivity index (χ2v) is 5.76. The Kier molecular flexibility index (Phi) is 4.41. The predicted octanol–water partition coefficient (Wildman–Crippen LogP) is 3.43. The van der Waals surface area contributed by atoms with Crippen LogP contribution in [-0.2, 0) is 6.42 Å². The van der Waals surface area contributed by atoms with Gasteiger partial charge >= 0.3 is 0 Å². The molecule has 3 heteroatoms. The SMILES string of the molecule is CC1CCC(C(N)Cc2ccncc2Cl)CC1. The average molecular weight is 253 g/mol. The number of hydrogen-bond acceptors (Lipinski definition) is 2. The summed E-state index contributed by atoms with van der Waals surface area (Å²) in [6.45, 7) is 2.33. The van der Waals surface area contributed by atoms with Crippen LogP contribution in [0.15, 0.2) is 18.5 Å². The Bertz CT molecular complexity index is 359. The first-order valence-electron chi connectivity index (χ1n) is 6.50. The maximum absolute atomic E-state index is 6.32. The van der Waals surface area contributed by atoms with Crippen LogP contribution in [0.5, 0.6) is 0 Å². The van der Waals surface area contributed by atoms with Crippen LogP contribution >= 0.6 is 11.6 Å². The van der Waals surface area contributed by atoms with E-state index in [4.69, 9.17) is 17.3 Å². The number of halogens is 1. The van der Waals surface area contributed by atoms with E-state index in [1.807, 2.05) is 6.07 Å². The lowest BCUT2D eigenvalue weighted by atomic mass is 9.78. The van der Waals surface area contributed by atoms with E-state index in [1.54, 1.807) is 12.4 Å². The van der Waals surface area contributed by atoms with Gasteiger partial charge in [0.1, 0.15) is 0 Å². The van der Waals surface area contributed by atoms with Crippen LogP contribution in [-0.4, -0.2) is 11.0 Å². The summed E-state index contributed by atoms with van der Waals surface area (Å²) in [6, 6.07) is 2.22. The smallest absolute Gasteiger partial charge is 0.0621 e. The molecule has 0 aliphatic heterocycles. The monoisotopic (exact) mass is 252 g/mol. The van der Waals surface area contributed by atoms with E-state index in [9.17, 15) is 0 Å². The predicted molar refractivity (Wildman–Crippen MR) is 72.0 cm³/mol. The van der Waals surface area contributed by atoms with E-state index < -0.39 is 0 Å². The van der Waals surface area contributed by atoms with Crippen molar-refractivity contribution in [1.82, 2.24) is 4.98 Å². The van der Waals surface area contributed by atoms with E-state index in [-0.39, 0.29) is 6.04 Å². The van der Waals surface area contributed by atoms with Crippen molar-refractivity contribution >= 4 is 11.6 Å². The summed E-state index contributed by atoms with van der Waals surface area (Å²) in [6.07, 6.45) is 9.55. The van der Waals surface area contributed by atoms with Gasteiger partial charge in [-0.3, -0.25) is 4.98 Å². The molecule has 2 rings (SSSR count). The van der Waals surface area contributed by atoms with Crippen LogP contribution in [0, 0.1) is 11.8 Å². The minimum absolute atomic E-state index is 0.238. The van der Waals surface area contributed by atoms with Crippen molar-refractivity contribution in [3.63, 3.8) is 0 Å². The molecule has 1 aliphatic rings. The van der Waals surface area contributed by atoms with Gasteiger partial charge in [0.05, 0.1) is 5.02 Å². The maximum atomic E-state index is 6.32. The van der Waals surface area contributed by atoms with Crippen molar-refractivity contribution in [2.75, 3.05) is 0 Å². The van der Waals surface area contributed by atoms with Crippen molar-refractivity contribution < 1.29 is 0 Å². The third kappa shape index (κ3) is 3.43. The molecule has 0 bridgehead atoms. The zero-order valence-corrected chi connectivity index (χ0v) is 11.2. The summed E-state index contributed by atoms with van der Waals surface area (Å²) in [5.74, 6) is 1.54. The van der Waals surface area contributed by atoms with Crippen molar-refractivity contribution in [1.29, 1.82) is 0 Å². The molecule has 1 aromatic heterocycles. The lowest BCUT2D eigenvalue weighted by Crippen LogP contribution is -2.34. The number of nitrogens with two attached hydrogens (primary N) is 1. The van der Waals surface area contributed by atoms with Crippen molar-refractivity contribution in [3.05, 3.63) is 29.0 Å². The molecular formula is C14H21ClN2. The minimum atomic E-state index is 0.238. The quantitative estimate of drug-likeness (QED) is 0.895. The molecule has 1 saturated carbocycles. The standard InChI is InChI=1S/C14H21ClN2/c1-10-2-4-11(5-3-10)14(16)8-12-6-7-17-9-13(12)15/h6-7,9-11,14H,2-5,8,16H2,1H3. The highest BCUT2D eigenvalue weighted by molar-refractivity contribution is 6.31. The molecule has 0 saturated heterocycles. The van der Waals surface area contributed by atoms with Crippen molar-refractivity contribution in [2.24, 2.45) is 17.6 Å². The van der Waals surface area contributed by atoms with E-state index in [2.05, 4.69) is 11.9 Å². The molecule has 0 amide bonds. The summed E-state index contributed by atoms with van der Waals surface area (Å²) in [5, 5.41) is 0.743. The third-order valence-corrected chi connectivity index (χ3v) is 4.32. The lowest BCUT2D eigenvalue weighted by Gasteiger charge is -2.30. The number of rotatable bonds is 3. The summed E-state index contributed by atoms with van der Waals surface area (Å²) >= 11 is 6.11. The third-order valence-electron chi connectivity index (χ3n) is 3.98. The molecule has 1 atom stereocenters. The summed E-state index contributed by atoms with van der Waals surface area (Å²) < 4.78 is 0. The maximum Gasteiger partial charge on any atom is 0.0621 e. The molecule has 0 radical (unpaired) electrons. The number of pyridine rings is 1. The van der Waals surface area contributed by atoms with E-state index in [0.717, 1.165) is 22.9 Å². The first-order valence-corrected chi connectivity index (χ1v) is 6.88. The second kappa shape index (κ2) is 5.83. The molecule has 0 aromatic carbocycles. The van der Waals surface area contributed by atoms with Gasteiger partial charge in [0.15, 0.2) is 0 Å². The fraction of sp³-hybridized carbons (Fsp3) is 0.643. The van der Waals surface area contributed by atoms with E-state index >= 15 is 0 Å². The second-order valence-electron chi connectivity index (χ2n) is 5.36. The highest BCUT2D eigenvalue weighted by atomic mass is 35.5. The molecule has 1 heterocycles. The zero-order valence-electron chi connectivity index (χ0n) is 10.4. The van der Waals surface area contributed by atoms with Gasteiger partial charge in [0, 0.05) is 18.4 Å². The van der Waals surface area contributed by atoms with Gasteiger partial charge in [0.25, 0.3) is 0 Å². The molecule has 0 spiro atoms. The fourth-order valence-electron chi connectivity index (χ4n) is 2.70. The molecule has 2 nitrogen and oxygen atoms in total. The molecule has 1 fully saturated rings. The van der Waals surface area contributed by atoms with Crippen molar-refractivity contribution in [2.45, 2.75) is 45.1 Å². The highest BCUT2D eigenvalue weighted by Gasteiger charge is 2.24. The molecule has 2 N–H and O–H groups in total. The highest BCUT2D eigenvalue weighted by Crippen LogP contribution is 2.31. The summed E-state index contributed by atoms with van der Waals surface area (Å²) in [7, 11) is 0. The topological polar surface area (TPSA) is 38.9 Å². The van der Waals surface area contributed by atoms with Gasteiger partial charge in [-0.25, -0.2) is 0 Å². The van der Waals surface area contributed by atoms with Crippen molar-refractivity contribution in [3.8, 4) is 0 Å². The molecule has 94 valence electrons. The Labute approximate surface area is 109 Å². The number of nitrogens with zero attached hydrogens (tertiary/aromatic N) is 1. The lowest BCUT2D eigenvalue weighted by molar-refractivity contribution is 0.253. The first-order chi connectivity index (χ1) is 8.16. The van der Waals surface area contributed by atoms with Gasteiger partial charge in [-0.05, 0) is 42.7 Å². The van der Waals surface area contributed by atoms with Gasteiger partial charge in [0.2, 0.25) is 0 Å². The molecule has 1 unspecified atom stereocenters. The fourth-order valence-corrected chi connectivity index (χ4v) is 2.90.